The molecule has 1 aliphatic heterocycles. The minimum absolute atomic E-state index is 0.140. The van der Waals surface area contributed by atoms with Crippen LogP contribution >= 0.6 is 0 Å². The molecule has 0 aromatic heterocycles. The first-order chi connectivity index (χ1) is 7.70. The Bertz CT molecular complexity index is 236. The molecule has 1 N–H and O–H groups in total. The van der Waals surface area contributed by atoms with Crippen LogP contribution in [-0.2, 0) is 19.0 Å². The molecule has 16 heavy (non-hydrogen) atoms. The molecule has 5 nitrogen and oxygen atoms in total. The monoisotopic (exact) mass is 229 g/mol. The van der Waals surface area contributed by atoms with Crippen LogP contribution in [0.3, 0.4) is 0 Å². The first-order valence-corrected chi connectivity index (χ1v) is 5.39. The normalized spacial score (nSPS) is 20.4. The Morgan fingerprint density at radius 2 is 2.38 bits per heavy atom. The van der Waals surface area contributed by atoms with Gasteiger partial charge in [0.05, 0.1) is 33.0 Å². The maximum absolute atomic E-state index is 11.5. The molecule has 92 valence electrons. The molecule has 1 fully saturated rings. The Balaban J connectivity index is 2.03. The zero-order valence-electron chi connectivity index (χ0n) is 9.66. The van der Waals surface area contributed by atoms with Gasteiger partial charge in [0.25, 0.3) is 5.91 Å². The molecule has 0 spiro atoms. The fourth-order valence-corrected chi connectivity index (χ4v) is 1.25. The molecule has 1 amide bonds. The number of ether oxygens (including phenoxy) is 3. The van der Waals surface area contributed by atoms with Crippen LogP contribution in [-0.4, -0.2) is 51.6 Å². The smallest absolute Gasteiger partial charge is 0.251 e. The van der Waals surface area contributed by atoms with E-state index in [0.717, 1.165) is 5.57 Å². The second kappa shape index (κ2) is 7.38. The standard InChI is InChI=1S/C11H19NO4/c1-9(2)7-14-4-3-12-11(13)10-8-15-5-6-16-10/h10H,1,3-8H2,2H3,(H,12,13). The van der Waals surface area contributed by atoms with Crippen molar-refractivity contribution < 1.29 is 19.0 Å². The van der Waals surface area contributed by atoms with Crippen LogP contribution < -0.4 is 5.32 Å². The van der Waals surface area contributed by atoms with Crippen LogP contribution in [0.1, 0.15) is 6.92 Å². The lowest BCUT2D eigenvalue weighted by molar-refractivity contribution is -0.147. The third-order valence-electron chi connectivity index (χ3n) is 2.00. The maximum atomic E-state index is 11.5. The fourth-order valence-electron chi connectivity index (χ4n) is 1.25. The molecule has 5 heteroatoms. The summed E-state index contributed by atoms with van der Waals surface area (Å²) in [5.74, 6) is -0.140. The van der Waals surface area contributed by atoms with E-state index < -0.39 is 6.10 Å². The van der Waals surface area contributed by atoms with Crippen LogP contribution in [0.25, 0.3) is 0 Å². The topological polar surface area (TPSA) is 56.8 Å². The number of amides is 1. The predicted octanol–water partition coefficient (Wildman–Crippen LogP) is 0.111. The highest BCUT2D eigenvalue weighted by Crippen LogP contribution is 2.00. The molecular weight excluding hydrogens is 210 g/mol. The lowest BCUT2D eigenvalue weighted by Crippen LogP contribution is -2.43. The molecule has 1 rings (SSSR count). The van der Waals surface area contributed by atoms with Gasteiger partial charge in [0.2, 0.25) is 0 Å². The molecule has 1 aliphatic rings. The third kappa shape index (κ3) is 5.25. The Kier molecular flexibility index (Phi) is 6.07. The first kappa shape index (κ1) is 13.2. The quantitative estimate of drug-likeness (QED) is 0.519. The van der Waals surface area contributed by atoms with E-state index in [2.05, 4.69) is 11.9 Å². The molecular formula is C11H19NO4. The Hall–Kier alpha value is -0.910. The van der Waals surface area contributed by atoms with Gasteiger partial charge >= 0.3 is 0 Å². The molecule has 0 aromatic carbocycles. The van der Waals surface area contributed by atoms with Gasteiger partial charge in [0.15, 0.2) is 6.10 Å². The van der Waals surface area contributed by atoms with Gasteiger partial charge in [-0.2, -0.15) is 0 Å². The SMILES string of the molecule is C=C(C)COCCNC(=O)C1COCCO1. The molecule has 0 radical (unpaired) electrons. The molecule has 0 aromatic rings. The maximum Gasteiger partial charge on any atom is 0.251 e. The van der Waals surface area contributed by atoms with E-state index in [4.69, 9.17) is 14.2 Å². The van der Waals surface area contributed by atoms with Crippen LogP contribution in [0.15, 0.2) is 12.2 Å². The van der Waals surface area contributed by atoms with E-state index in [1.54, 1.807) is 0 Å². The van der Waals surface area contributed by atoms with E-state index in [-0.39, 0.29) is 5.91 Å². The molecule has 0 saturated carbocycles. The Labute approximate surface area is 95.7 Å². The predicted molar refractivity (Wildman–Crippen MR) is 59.2 cm³/mol. The van der Waals surface area contributed by atoms with E-state index in [9.17, 15) is 4.79 Å². The number of nitrogens with one attached hydrogen (secondary N) is 1. The minimum Gasteiger partial charge on any atom is -0.376 e. The van der Waals surface area contributed by atoms with Crippen molar-refractivity contribution in [2.24, 2.45) is 0 Å². The van der Waals surface area contributed by atoms with Crippen LogP contribution in [0.2, 0.25) is 0 Å². The summed E-state index contributed by atoms with van der Waals surface area (Å²) in [6, 6.07) is 0. The summed E-state index contributed by atoms with van der Waals surface area (Å²) in [5.41, 5.74) is 0.968. The number of carbonyl (C=O) groups is 1. The lowest BCUT2D eigenvalue weighted by Gasteiger charge is -2.21. The van der Waals surface area contributed by atoms with Gasteiger partial charge in [0, 0.05) is 6.54 Å². The summed E-state index contributed by atoms with van der Waals surface area (Å²) in [4.78, 5) is 11.5. The minimum atomic E-state index is -0.477. The molecule has 1 saturated heterocycles. The van der Waals surface area contributed by atoms with Crippen molar-refractivity contribution in [2.75, 3.05) is 39.6 Å². The van der Waals surface area contributed by atoms with E-state index in [1.807, 2.05) is 6.92 Å². The number of rotatable bonds is 6. The molecule has 1 heterocycles. The van der Waals surface area contributed by atoms with Gasteiger partial charge in [0.1, 0.15) is 0 Å². The van der Waals surface area contributed by atoms with Gasteiger partial charge < -0.3 is 19.5 Å². The second-order valence-electron chi connectivity index (χ2n) is 3.74. The average molecular weight is 229 g/mol. The van der Waals surface area contributed by atoms with Crippen LogP contribution in [0, 0.1) is 0 Å². The van der Waals surface area contributed by atoms with E-state index in [0.29, 0.717) is 39.6 Å². The Morgan fingerprint density at radius 1 is 1.56 bits per heavy atom. The Morgan fingerprint density at radius 3 is 3.00 bits per heavy atom. The number of hydrogen-bond acceptors (Lipinski definition) is 4. The largest absolute Gasteiger partial charge is 0.376 e. The zero-order valence-corrected chi connectivity index (χ0v) is 9.66. The highest BCUT2D eigenvalue weighted by molar-refractivity contribution is 5.80. The van der Waals surface area contributed by atoms with Crippen molar-refractivity contribution in [3.8, 4) is 0 Å². The van der Waals surface area contributed by atoms with Gasteiger partial charge in [-0.15, -0.1) is 0 Å². The van der Waals surface area contributed by atoms with Gasteiger partial charge in [-0.05, 0) is 6.92 Å². The van der Waals surface area contributed by atoms with Crippen molar-refractivity contribution >= 4 is 5.91 Å². The van der Waals surface area contributed by atoms with Gasteiger partial charge in [-0.1, -0.05) is 12.2 Å². The summed E-state index contributed by atoms with van der Waals surface area (Å²) in [6.45, 7) is 8.46. The fraction of sp³-hybridized carbons (Fsp3) is 0.727. The molecule has 1 atom stereocenters. The lowest BCUT2D eigenvalue weighted by atomic mass is 10.3. The van der Waals surface area contributed by atoms with Crippen molar-refractivity contribution in [1.29, 1.82) is 0 Å². The summed E-state index contributed by atoms with van der Waals surface area (Å²) in [5, 5.41) is 2.73. The molecule has 1 unspecified atom stereocenters. The van der Waals surface area contributed by atoms with E-state index >= 15 is 0 Å². The highest BCUT2D eigenvalue weighted by Gasteiger charge is 2.21. The summed E-state index contributed by atoms with van der Waals surface area (Å²) in [6.07, 6.45) is -0.477. The average Bonchev–Trinajstić information content (AvgIpc) is 2.29. The summed E-state index contributed by atoms with van der Waals surface area (Å²) >= 11 is 0. The van der Waals surface area contributed by atoms with Crippen molar-refractivity contribution in [3.05, 3.63) is 12.2 Å². The van der Waals surface area contributed by atoms with Crippen molar-refractivity contribution in [3.63, 3.8) is 0 Å². The number of hydrogen-bond donors (Lipinski definition) is 1. The number of carbonyl (C=O) groups excluding carboxylic acids is 1. The molecule has 0 bridgehead atoms. The molecule has 0 aliphatic carbocycles. The highest BCUT2D eigenvalue weighted by atomic mass is 16.6. The zero-order chi connectivity index (χ0) is 11.8. The van der Waals surface area contributed by atoms with Crippen molar-refractivity contribution in [2.45, 2.75) is 13.0 Å². The third-order valence-corrected chi connectivity index (χ3v) is 2.00. The van der Waals surface area contributed by atoms with Gasteiger partial charge in [-0.3, -0.25) is 4.79 Å². The summed E-state index contributed by atoms with van der Waals surface area (Å²) < 4.78 is 15.6. The van der Waals surface area contributed by atoms with Crippen LogP contribution in [0.5, 0.6) is 0 Å². The summed E-state index contributed by atoms with van der Waals surface area (Å²) in [7, 11) is 0. The second-order valence-corrected chi connectivity index (χ2v) is 3.74. The first-order valence-electron chi connectivity index (χ1n) is 5.39. The van der Waals surface area contributed by atoms with E-state index in [1.165, 1.54) is 0 Å². The van der Waals surface area contributed by atoms with Gasteiger partial charge in [-0.25, -0.2) is 0 Å². The van der Waals surface area contributed by atoms with Crippen LogP contribution in [0.4, 0.5) is 0 Å². The van der Waals surface area contributed by atoms with Crippen molar-refractivity contribution in [1.82, 2.24) is 5.32 Å².